The molecule has 1 aromatic heterocycles. The summed E-state index contributed by atoms with van der Waals surface area (Å²) in [6.45, 7) is 0. The van der Waals surface area contributed by atoms with Crippen LogP contribution in [0.15, 0.2) is 24.3 Å². The van der Waals surface area contributed by atoms with E-state index in [1.54, 1.807) is 0 Å². The van der Waals surface area contributed by atoms with Crippen molar-refractivity contribution in [2.75, 3.05) is 20.0 Å². The summed E-state index contributed by atoms with van der Waals surface area (Å²) in [5.41, 5.74) is 3.67. The Morgan fingerprint density at radius 2 is 1.46 bits per heavy atom. The standard InChI is InChI=1S/C15H12N4O7/c1-25-13(21)10-9(11(14(22)26-2)18-15(16)17-10)12(20)7-3-5-8(6-4-7)19(23)24/h3-6H,1-2H3,(H2,16,17,18). The van der Waals surface area contributed by atoms with E-state index in [1.807, 2.05) is 0 Å². The van der Waals surface area contributed by atoms with Crippen LogP contribution in [0.3, 0.4) is 0 Å². The lowest BCUT2D eigenvalue weighted by Gasteiger charge is -2.11. The van der Waals surface area contributed by atoms with E-state index in [0.717, 1.165) is 26.4 Å². The molecule has 26 heavy (non-hydrogen) atoms. The number of anilines is 1. The van der Waals surface area contributed by atoms with Gasteiger partial charge in [0.25, 0.3) is 5.69 Å². The molecule has 0 aliphatic rings. The molecule has 0 saturated carbocycles. The molecule has 1 aromatic carbocycles. The van der Waals surface area contributed by atoms with E-state index in [4.69, 9.17) is 5.73 Å². The number of ketones is 1. The van der Waals surface area contributed by atoms with Crippen LogP contribution >= 0.6 is 0 Å². The topological polar surface area (TPSA) is 165 Å². The van der Waals surface area contributed by atoms with Gasteiger partial charge in [0.2, 0.25) is 5.95 Å². The molecule has 0 unspecified atom stereocenters. The predicted octanol–water partition coefficient (Wildman–Crippen LogP) is 0.771. The second-order valence-corrected chi connectivity index (χ2v) is 4.77. The smallest absolute Gasteiger partial charge is 0.357 e. The van der Waals surface area contributed by atoms with Crippen LogP contribution in [0.25, 0.3) is 0 Å². The Morgan fingerprint density at radius 3 is 1.85 bits per heavy atom. The largest absolute Gasteiger partial charge is 0.464 e. The van der Waals surface area contributed by atoms with Crippen molar-refractivity contribution >= 4 is 29.4 Å². The zero-order chi connectivity index (χ0) is 19.4. The number of esters is 2. The lowest BCUT2D eigenvalue weighted by atomic mass is 9.99. The second-order valence-electron chi connectivity index (χ2n) is 4.77. The summed E-state index contributed by atoms with van der Waals surface area (Å²) >= 11 is 0. The van der Waals surface area contributed by atoms with Crippen LogP contribution < -0.4 is 5.73 Å². The van der Waals surface area contributed by atoms with Gasteiger partial charge in [-0.1, -0.05) is 0 Å². The molecular weight excluding hydrogens is 348 g/mol. The van der Waals surface area contributed by atoms with Gasteiger partial charge >= 0.3 is 11.9 Å². The van der Waals surface area contributed by atoms with Crippen LogP contribution in [-0.2, 0) is 9.47 Å². The van der Waals surface area contributed by atoms with Gasteiger partial charge in [-0.05, 0) is 12.1 Å². The zero-order valence-electron chi connectivity index (χ0n) is 13.6. The lowest BCUT2D eigenvalue weighted by molar-refractivity contribution is -0.384. The third kappa shape index (κ3) is 3.45. The fourth-order valence-electron chi connectivity index (χ4n) is 2.06. The number of non-ortho nitro benzene ring substituents is 1. The Hall–Kier alpha value is -3.89. The number of nitro groups is 1. The normalized spacial score (nSPS) is 10.1. The summed E-state index contributed by atoms with van der Waals surface area (Å²) in [4.78, 5) is 54.2. The fourth-order valence-corrected chi connectivity index (χ4v) is 2.06. The van der Waals surface area contributed by atoms with E-state index in [9.17, 15) is 24.5 Å². The molecule has 2 rings (SSSR count). The Kier molecular flexibility index (Phi) is 5.21. The molecule has 0 atom stereocenters. The highest BCUT2D eigenvalue weighted by Gasteiger charge is 2.30. The summed E-state index contributed by atoms with van der Waals surface area (Å²) in [6.07, 6.45) is 0. The highest BCUT2D eigenvalue weighted by atomic mass is 16.6. The Labute approximate surface area is 145 Å². The molecule has 11 nitrogen and oxygen atoms in total. The third-order valence-corrected chi connectivity index (χ3v) is 3.25. The summed E-state index contributed by atoms with van der Waals surface area (Å²) in [5.74, 6) is -3.31. The van der Waals surface area contributed by atoms with Gasteiger partial charge in [-0.25, -0.2) is 19.6 Å². The number of aromatic nitrogens is 2. The molecule has 0 radical (unpaired) electrons. The number of benzene rings is 1. The Bertz CT molecular complexity index is 872. The van der Waals surface area contributed by atoms with Gasteiger partial charge in [0, 0.05) is 17.7 Å². The number of nitro benzene ring substituents is 1. The summed E-state index contributed by atoms with van der Waals surface area (Å²) in [6, 6.07) is 4.53. The summed E-state index contributed by atoms with van der Waals surface area (Å²) in [7, 11) is 2.11. The van der Waals surface area contributed by atoms with Crippen molar-refractivity contribution in [3.63, 3.8) is 0 Å². The number of carbonyl (C=O) groups is 3. The van der Waals surface area contributed by atoms with E-state index >= 15 is 0 Å². The number of nitrogen functional groups attached to an aromatic ring is 1. The first kappa shape index (κ1) is 18.4. The Balaban J connectivity index is 2.68. The molecule has 0 aliphatic heterocycles. The molecule has 2 N–H and O–H groups in total. The minimum absolute atomic E-state index is 0.0423. The molecule has 2 aromatic rings. The average molecular weight is 360 g/mol. The maximum absolute atomic E-state index is 12.8. The van der Waals surface area contributed by atoms with E-state index in [0.29, 0.717) is 0 Å². The predicted molar refractivity (Wildman–Crippen MR) is 85.7 cm³/mol. The van der Waals surface area contributed by atoms with E-state index in [2.05, 4.69) is 19.4 Å². The van der Waals surface area contributed by atoms with Crippen molar-refractivity contribution in [1.82, 2.24) is 9.97 Å². The number of rotatable bonds is 5. The van der Waals surface area contributed by atoms with Gasteiger partial charge in [0.05, 0.1) is 24.7 Å². The van der Waals surface area contributed by atoms with Crippen LogP contribution in [0.1, 0.15) is 36.9 Å². The molecular formula is C15H12N4O7. The van der Waals surface area contributed by atoms with Gasteiger partial charge in [-0.15, -0.1) is 0 Å². The molecule has 11 heteroatoms. The molecule has 0 aliphatic carbocycles. The first-order valence-corrected chi connectivity index (χ1v) is 6.93. The quantitative estimate of drug-likeness (QED) is 0.348. The highest BCUT2D eigenvalue weighted by molar-refractivity contribution is 6.18. The van der Waals surface area contributed by atoms with Gasteiger partial charge < -0.3 is 15.2 Å². The van der Waals surface area contributed by atoms with Gasteiger partial charge in [-0.3, -0.25) is 14.9 Å². The van der Waals surface area contributed by atoms with Crippen LogP contribution in [0.5, 0.6) is 0 Å². The van der Waals surface area contributed by atoms with Crippen LogP contribution in [0.2, 0.25) is 0 Å². The van der Waals surface area contributed by atoms with Gasteiger partial charge in [-0.2, -0.15) is 0 Å². The molecule has 0 amide bonds. The van der Waals surface area contributed by atoms with Crippen LogP contribution in [0.4, 0.5) is 11.6 Å². The summed E-state index contributed by atoms with van der Waals surface area (Å²) in [5, 5.41) is 10.7. The van der Waals surface area contributed by atoms with E-state index in [-0.39, 0.29) is 11.3 Å². The van der Waals surface area contributed by atoms with Crippen molar-refractivity contribution in [3.05, 3.63) is 56.9 Å². The second kappa shape index (κ2) is 7.34. The third-order valence-electron chi connectivity index (χ3n) is 3.25. The fraction of sp³-hybridized carbons (Fsp3) is 0.133. The maximum atomic E-state index is 12.8. The average Bonchev–Trinajstić information content (AvgIpc) is 2.65. The molecule has 0 saturated heterocycles. The van der Waals surface area contributed by atoms with Crippen LogP contribution in [0, 0.1) is 10.1 Å². The first-order chi connectivity index (χ1) is 12.3. The molecule has 1 heterocycles. The summed E-state index contributed by atoms with van der Waals surface area (Å²) < 4.78 is 9.12. The molecule has 0 spiro atoms. The number of hydrogen-bond acceptors (Lipinski definition) is 10. The van der Waals surface area contributed by atoms with Gasteiger partial charge in [0.1, 0.15) is 0 Å². The lowest BCUT2D eigenvalue weighted by Crippen LogP contribution is -2.22. The van der Waals surface area contributed by atoms with Crippen molar-refractivity contribution in [2.24, 2.45) is 0 Å². The zero-order valence-corrected chi connectivity index (χ0v) is 13.6. The van der Waals surface area contributed by atoms with Crippen molar-refractivity contribution in [1.29, 1.82) is 0 Å². The SMILES string of the molecule is COC(=O)c1nc(N)nc(C(=O)OC)c1C(=O)c1ccc([N+](=O)[O-])cc1. The van der Waals surface area contributed by atoms with Crippen molar-refractivity contribution in [2.45, 2.75) is 0 Å². The number of hydrogen-bond donors (Lipinski definition) is 1. The minimum atomic E-state index is -1.02. The number of nitrogens with two attached hydrogens (primary N) is 1. The first-order valence-electron chi connectivity index (χ1n) is 6.93. The number of ether oxygens (including phenoxy) is 2. The number of nitrogens with zero attached hydrogens (tertiary/aromatic N) is 3. The van der Waals surface area contributed by atoms with Crippen molar-refractivity contribution < 1.29 is 28.8 Å². The number of carbonyl (C=O) groups excluding carboxylic acids is 3. The van der Waals surface area contributed by atoms with Crippen molar-refractivity contribution in [3.8, 4) is 0 Å². The monoisotopic (exact) mass is 360 g/mol. The molecule has 0 bridgehead atoms. The minimum Gasteiger partial charge on any atom is -0.464 e. The Morgan fingerprint density at radius 1 is 1.00 bits per heavy atom. The van der Waals surface area contributed by atoms with E-state index < -0.39 is 45.5 Å². The highest BCUT2D eigenvalue weighted by Crippen LogP contribution is 2.21. The number of methoxy groups -OCH3 is 2. The van der Waals surface area contributed by atoms with E-state index in [1.165, 1.54) is 12.1 Å². The van der Waals surface area contributed by atoms with Gasteiger partial charge in [0.15, 0.2) is 17.2 Å². The molecule has 0 fully saturated rings. The maximum Gasteiger partial charge on any atom is 0.357 e. The van der Waals surface area contributed by atoms with Crippen LogP contribution in [-0.4, -0.2) is 46.8 Å². The molecule has 134 valence electrons.